The van der Waals surface area contributed by atoms with Crippen molar-refractivity contribution in [2.75, 3.05) is 7.11 Å². The lowest BCUT2D eigenvalue weighted by atomic mass is 10.3. The zero-order valence-corrected chi connectivity index (χ0v) is 12.5. The monoisotopic (exact) mass is 341 g/mol. The maximum absolute atomic E-state index is 11.2. The molecule has 0 amide bonds. The van der Waals surface area contributed by atoms with Crippen LogP contribution in [0.1, 0.15) is 12.2 Å². The predicted octanol–water partition coefficient (Wildman–Crippen LogP) is 2.35. The van der Waals surface area contributed by atoms with Gasteiger partial charge in [-0.2, -0.15) is 0 Å². The Morgan fingerprint density at radius 1 is 1.55 bits per heavy atom. The summed E-state index contributed by atoms with van der Waals surface area (Å²) in [7, 11) is 3.09. The Morgan fingerprint density at radius 3 is 2.85 bits per heavy atom. The van der Waals surface area contributed by atoms with Crippen LogP contribution in [0.2, 0.25) is 0 Å². The van der Waals surface area contributed by atoms with E-state index in [0.29, 0.717) is 27.8 Å². The van der Waals surface area contributed by atoms with E-state index in [1.807, 2.05) is 0 Å². The van der Waals surface area contributed by atoms with E-state index < -0.39 is 4.92 Å². The Morgan fingerprint density at radius 2 is 2.25 bits per heavy atom. The number of nitrogens with zero attached hydrogens (tertiary/aromatic N) is 3. The summed E-state index contributed by atoms with van der Waals surface area (Å²) in [5.41, 5.74) is 1.28. The second-order valence-electron chi connectivity index (χ2n) is 4.21. The Bertz CT molecular complexity index is 696. The molecule has 0 aliphatic carbocycles. The van der Waals surface area contributed by atoms with Gasteiger partial charge in [-0.25, -0.2) is 4.98 Å². The number of imidazole rings is 1. The lowest BCUT2D eigenvalue weighted by Crippen LogP contribution is -2.05. The van der Waals surface area contributed by atoms with Gasteiger partial charge in [-0.3, -0.25) is 14.9 Å². The van der Waals surface area contributed by atoms with Crippen molar-refractivity contribution < 1.29 is 14.5 Å². The number of carbonyl (C=O) groups is 1. The van der Waals surface area contributed by atoms with Crippen molar-refractivity contribution in [1.29, 1.82) is 0 Å². The lowest BCUT2D eigenvalue weighted by Gasteiger charge is -2.01. The molecule has 0 spiro atoms. The first-order chi connectivity index (χ1) is 9.43. The number of rotatable bonds is 4. The van der Waals surface area contributed by atoms with Crippen LogP contribution in [0.5, 0.6) is 0 Å². The summed E-state index contributed by atoms with van der Waals surface area (Å²) in [5, 5.41) is 10.9. The number of fused-ring (bicyclic) bond motifs is 1. The molecule has 7 nitrogen and oxygen atoms in total. The molecule has 0 aliphatic heterocycles. The molecule has 2 aromatic rings. The number of hydrogen-bond donors (Lipinski definition) is 0. The number of nitro benzene ring substituents is 1. The van der Waals surface area contributed by atoms with Crippen LogP contribution in [0.3, 0.4) is 0 Å². The van der Waals surface area contributed by atoms with E-state index in [-0.39, 0.29) is 18.1 Å². The quantitative estimate of drug-likeness (QED) is 0.484. The van der Waals surface area contributed by atoms with Gasteiger partial charge in [-0.15, -0.1) is 0 Å². The van der Waals surface area contributed by atoms with Crippen molar-refractivity contribution in [2.45, 2.75) is 12.8 Å². The number of carbonyl (C=O) groups excluding carboxylic acids is 1. The van der Waals surface area contributed by atoms with Crippen molar-refractivity contribution in [2.24, 2.45) is 7.05 Å². The van der Waals surface area contributed by atoms with Gasteiger partial charge in [0, 0.05) is 19.5 Å². The second kappa shape index (κ2) is 5.58. The van der Waals surface area contributed by atoms with E-state index in [2.05, 4.69) is 25.7 Å². The zero-order chi connectivity index (χ0) is 14.9. The fourth-order valence-electron chi connectivity index (χ4n) is 1.93. The lowest BCUT2D eigenvalue weighted by molar-refractivity contribution is -0.385. The molecule has 0 atom stereocenters. The van der Waals surface area contributed by atoms with E-state index >= 15 is 0 Å². The van der Waals surface area contributed by atoms with Crippen molar-refractivity contribution in [1.82, 2.24) is 9.55 Å². The molecule has 20 heavy (non-hydrogen) atoms. The van der Waals surface area contributed by atoms with Crippen LogP contribution in [-0.4, -0.2) is 27.6 Å². The highest BCUT2D eigenvalue weighted by molar-refractivity contribution is 9.10. The maximum Gasteiger partial charge on any atom is 0.305 e. The van der Waals surface area contributed by atoms with E-state index in [1.54, 1.807) is 17.7 Å². The molecule has 0 unspecified atom stereocenters. The van der Waals surface area contributed by atoms with E-state index in [9.17, 15) is 14.9 Å². The molecule has 0 saturated carbocycles. The molecule has 1 aromatic heterocycles. The maximum atomic E-state index is 11.2. The molecule has 1 heterocycles. The third-order valence-corrected chi connectivity index (χ3v) is 3.65. The normalized spacial score (nSPS) is 10.8. The van der Waals surface area contributed by atoms with Crippen molar-refractivity contribution in [3.05, 3.63) is 32.5 Å². The molecule has 0 saturated heterocycles. The first-order valence-corrected chi connectivity index (χ1v) is 6.59. The van der Waals surface area contributed by atoms with Gasteiger partial charge in [0.1, 0.15) is 5.82 Å². The van der Waals surface area contributed by atoms with Crippen LogP contribution >= 0.6 is 15.9 Å². The van der Waals surface area contributed by atoms with E-state index in [4.69, 9.17) is 0 Å². The van der Waals surface area contributed by atoms with Gasteiger partial charge < -0.3 is 9.30 Å². The van der Waals surface area contributed by atoms with Gasteiger partial charge in [0.05, 0.1) is 34.0 Å². The largest absolute Gasteiger partial charge is 0.469 e. The zero-order valence-electron chi connectivity index (χ0n) is 10.9. The molecular formula is C12H12BrN3O4. The topological polar surface area (TPSA) is 87.3 Å². The Kier molecular flexibility index (Phi) is 4.03. The minimum atomic E-state index is -0.454. The molecule has 0 radical (unpaired) electrons. The highest BCUT2D eigenvalue weighted by Crippen LogP contribution is 2.30. The summed E-state index contributed by atoms with van der Waals surface area (Å²) in [4.78, 5) is 26.0. The van der Waals surface area contributed by atoms with Crippen LogP contribution < -0.4 is 0 Å². The average Bonchev–Trinajstić information content (AvgIpc) is 2.70. The summed E-state index contributed by atoms with van der Waals surface area (Å²) >= 11 is 3.16. The van der Waals surface area contributed by atoms with Crippen LogP contribution in [0.4, 0.5) is 5.69 Å². The summed E-state index contributed by atoms with van der Waals surface area (Å²) in [6.45, 7) is 0. The summed E-state index contributed by atoms with van der Waals surface area (Å²) in [6.07, 6.45) is 0.639. The third-order valence-electron chi connectivity index (χ3n) is 3.02. The number of aromatic nitrogens is 2. The van der Waals surface area contributed by atoms with Crippen molar-refractivity contribution in [3.63, 3.8) is 0 Å². The summed E-state index contributed by atoms with van der Waals surface area (Å²) < 4.78 is 6.71. The van der Waals surface area contributed by atoms with Gasteiger partial charge in [-0.05, 0) is 22.0 Å². The van der Waals surface area contributed by atoms with Gasteiger partial charge in [0.2, 0.25) is 0 Å². The molecule has 106 valence electrons. The number of hydrogen-bond acceptors (Lipinski definition) is 5. The minimum Gasteiger partial charge on any atom is -0.469 e. The van der Waals surface area contributed by atoms with Gasteiger partial charge in [0.15, 0.2) is 0 Å². The number of halogens is 1. The van der Waals surface area contributed by atoms with Crippen LogP contribution in [0.15, 0.2) is 16.6 Å². The van der Waals surface area contributed by atoms with E-state index in [1.165, 1.54) is 13.2 Å². The van der Waals surface area contributed by atoms with Gasteiger partial charge in [0.25, 0.3) is 5.69 Å². The number of methoxy groups -OCH3 is 1. The highest BCUT2D eigenvalue weighted by atomic mass is 79.9. The number of nitro groups is 1. The molecule has 0 N–H and O–H groups in total. The fraction of sp³-hybridized carbons (Fsp3) is 0.333. The van der Waals surface area contributed by atoms with Crippen LogP contribution in [-0.2, 0) is 23.0 Å². The van der Waals surface area contributed by atoms with Crippen LogP contribution in [0.25, 0.3) is 11.0 Å². The number of benzene rings is 1. The predicted molar refractivity (Wildman–Crippen MR) is 75.4 cm³/mol. The molecule has 0 fully saturated rings. The molecule has 0 bridgehead atoms. The number of ether oxygens (including phenoxy) is 1. The minimum absolute atomic E-state index is 0.0139. The van der Waals surface area contributed by atoms with Crippen molar-refractivity contribution >= 4 is 38.6 Å². The highest BCUT2D eigenvalue weighted by Gasteiger charge is 2.17. The van der Waals surface area contributed by atoms with Gasteiger partial charge in [-0.1, -0.05) is 0 Å². The standard InChI is InChI=1S/C12H12BrN3O4/c1-15-10-6-9(16(18)19)7(13)5-8(10)14-11(15)3-4-12(17)20-2/h5-6H,3-4H2,1-2H3. The Labute approximate surface area is 122 Å². The third kappa shape index (κ3) is 2.64. The van der Waals surface area contributed by atoms with Gasteiger partial charge >= 0.3 is 5.97 Å². The number of esters is 1. The molecular weight excluding hydrogens is 330 g/mol. The molecule has 0 aliphatic rings. The molecule has 2 rings (SSSR count). The van der Waals surface area contributed by atoms with E-state index in [0.717, 1.165) is 0 Å². The first kappa shape index (κ1) is 14.4. The summed E-state index contributed by atoms with van der Waals surface area (Å²) in [6, 6.07) is 3.07. The molecule has 1 aromatic carbocycles. The summed E-state index contributed by atoms with van der Waals surface area (Å²) in [5.74, 6) is 0.363. The Hall–Kier alpha value is -1.96. The smallest absolute Gasteiger partial charge is 0.305 e. The number of aryl methyl sites for hydroxylation is 2. The molecule has 8 heteroatoms. The van der Waals surface area contributed by atoms with Crippen LogP contribution in [0, 0.1) is 10.1 Å². The second-order valence-corrected chi connectivity index (χ2v) is 5.07. The SMILES string of the molecule is COC(=O)CCc1nc2cc(Br)c([N+](=O)[O-])cc2n1C. The van der Waals surface area contributed by atoms with Crippen molar-refractivity contribution in [3.8, 4) is 0 Å². The first-order valence-electron chi connectivity index (χ1n) is 5.80. The Balaban J connectivity index is 2.42. The average molecular weight is 342 g/mol. The fourth-order valence-corrected chi connectivity index (χ4v) is 2.41.